The molecule has 3 heteroatoms. The van der Waals surface area contributed by atoms with E-state index in [0.717, 1.165) is 25.6 Å². The quantitative estimate of drug-likeness (QED) is 0.669. The Hall–Kier alpha value is -1.06. The Bertz CT molecular complexity index is 429. The summed E-state index contributed by atoms with van der Waals surface area (Å²) in [7, 11) is 1.74. The zero-order valence-corrected chi connectivity index (χ0v) is 13.8. The van der Waals surface area contributed by atoms with Gasteiger partial charge in [-0.3, -0.25) is 0 Å². The van der Waals surface area contributed by atoms with Gasteiger partial charge < -0.3 is 15.0 Å². The van der Waals surface area contributed by atoms with Crippen LogP contribution in [0.25, 0.3) is 0 Å². The van der Waals surface area contributed by atoms with Crippen LogP contribution in [0.3, 0.4) is 0 Å². The third kappa shape index (κ3) is 5.33. The van der Waals surface area contributed by atoms with E-state index in [9.17, 15) is 0 Å². The standard InChI is InChI=1S/C18H30N2O/c1-4-10-20(14-16-5-6-16)18-8-7-17(15(2)12-18)13-19-9-11-21-3/h7-8,12,16,19H,4-6,9-11,13-14H2,1-3H3. The number of methoxy groups -OCH3 is 1. The molecule has 118 valence electrons. The topological polar surface area (TPSA) is 24.5 Å². The fraction of sp³-hybridized carbons (Fsp3) is 0.667. The van der Waals surface area contributed by atoms with E-state index in [0.29, 0.717) is 0 Å². The van der Waals surface area contributed by atoms with Crippen molar-refractivity contribution in [2.75, 3.05) is 38.3 Å². The summed E-state index contributed by atoms with van der Waals surface area (Å²) < 4.78 is 5.06. The Morgan fingerprint density at radius 3 is 2.76 bits per heavy atom. The maximum Gasteiger partial charge on any atom is 0.0587 e. The minimum atomic E-state index is 0.767. The lowest BCUT2D eigenvalue weighted by Gasteiger charge is -2.25. The third-order valence-electron chi connectivity index (χ3n) is 4.16. The minimum absolute atomic E-state index is 0.767. The van der Waals surface area contributed by atoms with Crippen molar-refractivity contribution < 1.29 is 4.74 Å². The molecule has 2 rings (SSSR count). The first-order valence-electron chi connectivity index (χ1n) is 8.28. The molecule has 3 nitrogen and oxygen atoms in total. The van der Waals surface area contributed by atoms with Crippen LogP contribution in [-0.4, -0.2) is 33.4 Å². The van der Waals surface area contributed by atoms with Gasteiger partial charge in [0.25, 0.3) is 0 Å². The SMILES string of the molecule is CCCN(CC1CC1)c1ccc(CNCCOC)c(C)c1. The van der Waals surface area contributed by atoms with Gasteiger partial charge in [-0.1, -0.05) is 13.0 Å². The highest BCUT2D eigenvalue weighted by molar-refractivity contribution is 5.51. The van der Waals surface area contributed by atoms with Gasteiger partial charge in [-0.25, -0.2) is 0 Å². The molecule has 1 aromatic rings. The maximum atomic E-state index is 5.06. The Morgan fingerprint density at radius 2 is 2.14 bits per heavy atom. The molecule has 1 N–H and O–H groups in total. The first kappa shape index (κ1) is 16.3. The van der Waals surface area contributed by atoms with Crippen LogP contribution in [0.4, 0.5) is 5.69 Å². The minimum Gasteiger partial charge on any atom is -0.383 e. The molecule has 0 heterocycles. The van der Waals surface area contributed by atoms with Crippen LogP contribution in [-0.2, 0) is 11.3 Å². The van der Waals surface area contributed by atoms with E-state index in [2.05, 4.69) is 42.3 Å². The summed E-state index contributed by atoms with van der Waals surface area (Å²) in [4.78, 5) is 2.56. The molecule has 0 atom stereocenters. The molecule has 1 aliphatic carbocycles. The van der Waals surface area contributed by atoms with E-state index in [-0.39, 0.29) is 0 Å². The molecule has 0 spiro atoms. The summed E-state index contributed by atoms with van der Waals surface area (Å²) in [6.07, 6.45) is 4.05. The van der Waals surface area contributed by atoms with Crippen molar-refractivity contribution >= 4 is 5.69 Å². The average Bonchev–Trinajstić information content (AvgIpc) is 3.28. The van der Waals surface area contributed by atoms with Gasteiger partial charge >= 0.3 is 0 Å². The zero-order valence-electron chi connectivity index (χ0n) is 13.8. The first-order chi connectivity index (χ1) is 10.2. The average molecular weight is 290 g/mol. The van der Waals surface area contributed by atoms with Crippen molar-refractivity contribution in [1.82, 2.24) is 5.32 Å². The van der Waals surface area contributed by atoms with Crippen LogP contribution in [0.5, 0.6) is 0 Å². The van der Waals surface area contributed by atoms with E-state index in [1.807, 2.05) is 0 Å². The van der Waals surface area contributed by atoms with Gasteiger partial charge in [0.05, 0.1) is 6.61 Å². The fourth-order valence-corrected chi connectivity index (χ4v) is 2.68. The zero-order chi connectivity index (χ0) is 15.1. The second-order valence-corrected chi connectivity index (χ2v) is 6.17. The van der Waals surface area contributed by atoms with Crippen molar-refractivity contribution in [1.29, 1.82) is 0 Å². The Labute approximate surface area is 129 Å². The van der Waals surface area contributed by atoms with Gasteiger partial charge in [0.1, 0.15) is 0 Å². The second kappa shape index (κ2) is 8.40. The number of aryl methyl sites for hydroxylation is 1. The number of hydrogen-bond donors (Lipinski definition) is 1. The number of hydrogen-bond acceptors (Lipinski definition) is 3. The summed E-state index contributed by atoms with van der Waals surface area (Å²) in [5, 5.41) is 3.42. The fourth-order valence-electron chi connectivity index (χ4n) is 2.68. The number of anilines is 1. The number of ether oxygens (including phenoxy) is 1. The first-order valence-corrected chi connectivity index (χ1v) is 8.28. The second-order valence-electron chi connectivity index (χ2n) is 6.17. The smallest absolute Gasteiger partial charge is 0.0587 e. The molecule has 0 bridgehead atoms. The summed E-state index contributed by atoms with van der Waals surface area (Å²) in [6, 6.07) is 6.92. The normalized spacial score (nSPS) is 14.4. The number of benzene rings is 1. The molecule has 0 radical (unpaired) electrons. The molecule has 1 aliphatic rings. The lowest BCUT2D eigenvalue weighted by atomic mass is 10.1. The van der Waals surface area contributed by atoms with E-state index in [1.165, 1.54) is 49.2 Å². The molecule has 0 saturated heterocycles. The lowest BCUT2D eigenvalue weighted by Crippen LogP contribution is -2.26. The molecule has 0 aromatic heterocycles. The van der Waals surface area contributed by atoms with Gasteiger partial charge in [0.15, 0.2) is 0 Å². The van der Waals surface area contributed by atoms with E-state index in [1.54, 1.807) is 7.11 Å². The monoisotopic (exact) mass is 290 g/mol. The van der Waals surface area contributed by atoms with Crippen LogP contribution in [0.1, 0.15) is 37.3 Å². The molecule has 21 heavy (non-hydrogen) atoms. The number of rotatable bonds is 10. The van der Waals surface area contributed by atoms with Crippen LogP contribution in [0.15, 0.2) is 18.2 Å². The summed E-state index contributed by atoms with van der Waals surface area (Å²) in [5.41, 5.74) is 4.16. The van der Waals surface area contributed by atoms with Gasteiger partial charge in [-0.2, -0.15) is 0 Å². The third-order valence-corrected chi connectivity index (χ3v) is 4.16. The van der Waals surface area contributed by atoms with Crippen LogP contribution in [0.2, 0.25) is 0 Å². The Morgan fingerprint density at radius 1 is 1.33 bits per heavy atom. The van der Waals surface area contributed by atoms with Crippen molar-refractivity contribution in [2.45, 2.75) is 39.7 Å². The molecule has 0 unspecified atom stereocenters. The Kier molecular flexibility index (Phi) is 6.52. The Balaban J connectivity index is 1.95. The highest BCUT2D eigenvalue weighted by Crippen LogP contribution is 2.32. The van der Waals surface area contributed by atoms with Crippen molar-refractivity contribution in [3.8, 4) is 0 Å². The number of nitrogens with one attached hydrogen (secondary N) is 1. The van der Waals surface area contributed by atoms with Gasteiger partial charge in [-0.15, -0.1) is 0 Å². The summed E-state index contributed by atoms with van der Waals surface area (Å²) >= 11 is 0. The highest BCUT2D eigenvalue weighted by Gasteiger charge is 2.24. The van der Waals surface area contributed by atoms with E-state index in [4.69, 9.17) is 4.74 Å². The van der Waals surface area contributed by atoms with Gasteiger partial charge in [0, 0.05) is 39.0 Å². The van der Waals surface area contributed by atoms with Crippen LogP contribution in [0, 0.1) is 12.8 Å². The van der Waals surface area contributed by atoms with E-state index < -0.39 is 0 Å². The molecule has 1 aromatic carbocycles. The molecule has 1 saturated carbocycles. The van der Waals surface area contributed by atoms with Crippen molar-refractivity contribution in [2.24, 2.45) is 5.92 Å². The summed E-state index contributed by atoms with van der Waals surface area (Å²) in [5.74, 6) is 0.937. The molecular formula is C18H30N2O. The van der Waals surface area contributed by atoms with Crippen LogP contribution >= 0.6 is 0 Å². The summed E-state index contributed by atoms with van der Waals surface area (Å²) in [6.45, 7) is 9.48. The molecule has 0 amide bonds. The maximum absolute atomic E-state index is 5.06. The van der Waals surface area contributed by atoms with Gasteiger partial charge in [0.2, 0.25) is 0 Å². The largest absolute Gasteiger partial charge is 0.383 e. The highest BCUT2D eigenvalue weighted by atomic mass is 16.5. The molecular weight excluding hydrogens is 260 g/mol. The molecule has 1 fully saturated rings. The lowest BCUT2D eigenvalue weighted by molar-refractivity contribution is 0.199. The molecule has 0 aliphatic heterocycles. The predicted octanol–water partition coefficient (Wildman–Crippen LogP) is 3.36. The van der Waals surface area contributed by atoms with Gasteiger partial charge in [-0.05, 0) is 55.4 Å². The van der Waals surface area contributed by atoms with E-state index >= 15 is 0 Å². The predicted molar refractivity (Wildman–Crippen MR) is 90.0 cm³/mol. The van der Waals surface area contributed by atoms with Crippen molar-refractivity contribution in [3.05, 3.63) is 29.3 Å². The van der Waals surface area contributed by atoms with Crippen LogP contribution < -0.4 is 10.2 Å². The number of nitrogens with zero attached hydrogens (tertiary/aromatic N) is 1. The van der Waals surface area contributed by atoms with Crippen molar-refractivity contribution in [3.63, 3.8) is 0 Å².